The SMILES string of the molecule is CC(C)(C)CC(C)(C)NC[C@H](O)COCc1ccc(Cl)cc1. The third-order valence-electron chi connectivity index (χ3n) is 3.28. The summed E-state index contributed by atoms with van der Waals surface area (Å²) in [6.07, 6.45) is 0.532. The molecule has 0 aliphatic rings. The van der Waals surface area contributed by atoms with Gasteiger partial charge in [0.15, 0.2) is 0 Å². The number of hydrogen-bond acceptors (Lipinski definition) is 3. The highest BCUT2D eigenvalue weighted by Gasteiger charge is 2.25. The Labute approximate surface area is 140 Å². The third kappa shape index (κ3) is 8.74. The number of nitrogens with one attached hydrogen (secondary N) is 1. The van der Waals surface area contributed by atoms with Crippen LogP contribution in [0.5, 0.6) is 0 Å². The summed E-state index contributed by atoms with van der Waals surface area (Å²) in [6.45, 7) is 12.3. The Balaban J connectivity index is 2.25. The molecule has 0 heterocycles. The minimum Gasteiger partial charge on any atom is -0.389 e. The van der Waals surface area contributed by atoms with Crippen LogP contribution in [0.15, 0.2) is 24.3 Å². The number of aliphatic hydroxyl groups excluding tert-OH is 1. The van der Waals surface area contributed by atoms with E-state index < -0.39 is 6.10 Å². The lowest BCUT2D eigenvalue weighted by Gasteiger charge is -2.34. The molecule has 0 saturated heterocycles. The molecular formula is C18H30ClNO2. The predicted octanol–water partition coefficient (Wildman–Crippen LogP) is 4.02. The fourth-order valence-corrected chi connectivity index (χ4v) is 2.86. The smallest absolute Gasteiger partial charge is 0.0898 e. The van der Waals surface area contributed by atoms with E-state index in [9.17, 15) is 5.11 Å². The molecule has 0 radical (unpaired) electrons. The molecule has 126 valence electrons. The van der Waals surface area contributed by atoms with Crippen LogP contribution in [-0.4, -0.2) is 29.9 Å². The maximum Gasteiger partial charge on any atom is 0.0898 e. The van der Waals surface area contributed by atoms with Crippen molar-refractivity contribution in [3.63, 3.8) is 0 Å². The second kappa shape index (κ2) is 8.30. The highest BCUT2D eigenvalue weighted by molar-refractivity contribution is 6.30. The van der Waals surface area contributed by atoms with Crippen LogP contribution in [0.4, 0.5) is 0 Å². The van der Waals surface area contributed by atoms with Gasteiger partial charge < -0.3 is 15.2 Å². The molecule has 1 rings (SSSR count). The Morgan fingerprint density at radius 2 is 1.73 bits per heavy atom. The summed E-state index contributed by atoms with van der Waals surface area (Å²) in [5.74, 6) is 0. The fraction of sp³-hybridized carbons (Fsp3) is 0.667. The van der Waals surface area contributed by atoms with Crippen LogP contribution >= 0.6 is 11.6 Å². The zero-order valence-corrected chi connectivity index (χ0v) is 15.2. The largest absolute Gasteiger partial charge is 0.389 e. The highest BCUT2D eigenvalue weighted by atomic mass is 35.5. The van der Waals surface area contributed by atoms with Crippen molar-refractivity contribution in [3.05, 3.63) is 34.9 Å². The van der Waals surface area contributed by atoms with Crippen LogP contribution in [0, 0.1) is 5.41 Å². The van der Waals surface area contributed by atoms with Crippen molar-refractivity contribution in [1.29, 1.82) is 0 Å². The van der Waals surface area contributed by atoms with Crippen LogP contribution in [0.3, 0.4) is 0 Å². The lowest BCUT2D eigenvalue weighted by atomic mass is 9.82. The van der Waals surface area contributed by atoms with Crippen LogP contribution < -0.4 is 5.32 Å². The quantitative estimate of drug-likeness (QED) is 0.757. The van der Waals surface area contributed by atoms with E-state index in [-0.39, 0.29) is 11.0 Å². The number of ether oxygens (including phenoxy) is 1. The second-order valence-corrected chi connectivity index (χ2v) is 8.23. The first-order valence-electron chi connectivity index (χ1n) is 7.83. The molecule has 0 aliphatic heterocycles. The summed E-state index contributed by atoms with van der Waals surface area (Å²) in [4.78, 5) is 0. The van der Waals surface area contributed by atoms with E-state index in [1.54, 1.807) is 0 Å². The van der Waals surface area contributed by atoms with Gasteiger partial charge in [0.2, 0.25) is 0 Å². The second-order valence-electron chi connectivity index (χ2n) is 7.80. The molecular weight excluding hydrogens is 298 g/mol. The number of halogens is 1. The molecule has 0 aliphatic carbocycles. The van der Waals surface area contributed by atoms with Gasteiger partial charge in [0.05, 0.1) is 19.3 Å². The van der Waals surface area contributed by atoms with Gasteiger partial charge in [0.1, 0.15) is 0 Å². The number of benzene rings is 1. The van der Waals surface area contributed by atoms with Crippen molar-refractivity contribution in [2.75, 3.05) is 13.2 Å². The van der Waals surface area contributed by atoms with Crippen molar-refractivity contribution in [2.45, 2.75) is 59.3 Å². The summed E-state index contributed by atoms with van der Waals surface area (Å²) in [7, 11) is 0. The van der Waals surface area contributed by atoms with Crippen molar-refractivity contribution < 1.29 is 9.84 Å². The van der Waals surface area contributed by atoms with Gasteiger partial charge in [0.25, 0.3) is 0 Å². The van der Waals surface area contributed by atoms with Crippen molar-refractivity contribution in [1.82, 2.24) is 5.32 Å². The van der Waals surface area contributed by atoms with Crippen LogP contribution in [0.2, 0.25) is 5.02 Å². The van der Waals surface area contributed by atoms with Crippen LogP contribution in [-0.2, 0) is 11.3 Å². The highest BCUT2D eigenvalue weighted by Crippen LogP contribution is 2.26. The first-order chi connectivity index (χ1) is 10.1. The Morgan fingerprint density at radius 3 is 2.27 bits per heavy atom. The topological polar surface area (TPSA) is 41.5 Å². The van der Waals surface area contributed by atoms with E-state index in [2.05, 4.69) is 39.9 Å². The molecule has 1 atom stereocenters. The average molecular weight is 328 g/mol. The van der Waals surface area contributed by atoms with Gasteiger partial charge >= 0.3 is 0 Å². The van der Waals surface area contributed by atoms with Crippen molar-refractivity contribution >= 4 is 11.6 Å². The molecule has 0 amide bonds. The Bertz CT molecular complexity index is 437. The van der Waals surface area contributed by atoms with Gasteiger partial charge in [-0.3, -0.25) is 0 Å². The lowest BCUT2D eigenvalue weighted by molar-refractivity contribution is 0.0244. The maximum absolute atomic E-state index is 10.0. The fourth-order valence-electron chi connectivity index (χ4n) is 2.73. The molecule has 0 unspecified atom stereocenters. The predicted molar refractivity (Wildman–Crippen MR) is 93.3 cm³/mol. The van der Waals surface area contributed by atoms with Crippen LogP contribution in [0.25, 0.3) is 0 Å². The van der Waals surface area contributed by atoms with E-state index in [1.807, 2.05) is 24.3 Å². The monoisotopic (exact) mass is 327 g/mol. The van der Waals surface area contributed by atoms with E-state index in [4.69, 9.17) is 16.3 Å². The normalized spacial score (nSPS) is 14.1. The number of β-amino-alcohol motifs (C(OH)–C–C–N with tert-alkyl or cyclic N) is 1. The number of rotatable bonds is 8. The minimum absolute atomic E-state index is 0.00455. The van der Waals surface area contributed by atoms with Crippen LogP contribution in [0.1, 0.15) is 46.6 Å². The van der Waals surface area contributed by atoms with Gasteiger partial charge in [0, 0.05) is 17.1 Å². The average Bonchev–Trinajstić information content (AvgIpc) is 2.36. The Kier molecular flexibility index (Phi) is 7.33. The molecule has 0 saturated carbocycles. The summed E-state index contributed by atoms with van der Waals surface area (Å²) in [5, 5.41) is 14.2. The Morgan fingerprint density at radius 1 is 1.14 bits per heavy atom. The van der Waals surface area contributed by atoms with E-state index >= 15 is 0 Å². The third-order valence-corrected chi connectivity index (χ3v) is 3.53. The molecule has 1 aromatic carbocycles. The molecule has 2 N–H and O–H groups in total. The summed E-state index contributed by atoms with van der Waals surface area (Å²) >= 11 is 5.84. The summed E-state index contributed by atoms with van der Waals surface area (Å²) in [6, 6.07) is 7.54. The molecule has 22 heavy (non-hydrogen) atoms. The first-order valence-corrected chi connectivity index (χ1v) is 8.20. The molecule has 0 bridgehead atoms. The van der Waals surface area contributed by atoms with Crippen molar-refractivity contribution in [2.24, 2.45) is 5.41 Å². The van der Waals surface area contributed by atoms with Gasteiger partial charge in [-0.15, -0.1) is 0 Å². The molecule has 1 aromatic rings. The van der Waals surface area contributed by atoms with E-state index in [0.29, 0.717) is 24.8 Å². The molecule has 0 fully saturated rings. The maximum atomic E-state index is 10.0. The number of hydrogen-bond donors (Lipinski definition) is 2. The Hall–Kier alpha value is -0.610. The first kappa shape index (κ1) is 19.4. The van der Waals surface area contributed by atoms with Gasteiger partial charge in [-0.05, 0) is 43.4 Å². The van der Waals surface area contributed by atoms with Crippen molar-refractivity contribution in [3.8, 4) is 0 Å². The van der Waals surface area contributed by atoms with Gasteiger partial charge in [-0.2, -0.15) is 0 Å². The minimum atomic E-state index is -0.508. The zero-order chi connectivity index (χ0) is 16.8. The zero-order valence-electron chi connectivity index (χ0n) is 14.4. The molecule has 4 heteroatoms. The molecule has 0 aromatic heterocycles. The number of aliphatic hydroxyl groups is 1. The lowest BCUT2D eigenvalue weighted by Crippen LogP contribution is -2.46. The van der Waals surface area contributed by atoms with E-state index in [1.165, 1.54) is 0 Å². The van der Waals surface area contributed by atoms with Gasteiger partial charge in [-0.1, -0.05) is 44.5 Å². The summed E-state index contributed by atoms with van der Waals surface area (Å²) in [5.41, 5.74) is 1.31. The van der Waals surface area contributed by atoms with Gasteiger partial charge in [-0.25, -0.2) is 0 Å². The molecule has 3 nitrogen and oxygen atoms in total. The molecule has 0 spiro atoms. The van der Waals surface area contributed by atoms with E-state index in [0.717, 1.165) is 12.0 Å². The standard InChI is InChI=1S/C18H30ClNO2/c1-17(2,3)13-18(4,5)20-10-16(21)12-22-11-14-6-8-15(19)9-7-14/h6-9,16,20-21H,10-13H2,1-5H3/t16-/m0/s1. The summed E-state index contributed by atoms with van der Waals surface area (Å²) < 4.78 is 5.55.